The first-order chi connectivity index (χ1) is 3.45. The first kappa shape index (κ1) is 3.53. The van der Waals surface area contributed by atoms with E-state index in [-0.39, 0.29) is 0 Å². The van der Waals surface area contributed by atoms with E-state index in [0.29, 0.717) is 0 Å². The van der Waals surface area contributed by atoms with Gasteiger partial charge in [-0.25, -0.2) is 0 Å². The highest BCUT2D eigenvalue weighted by Gasteiger charge is 2.28. The number of hydrogen-bond donors (Lipinski definition) is 1. The molecule has 1 heteroatoms. The van der Waals surface area contributed by atoms with Gasteiger partial charge in [0, 0.05) is 6.04 Å². The summed E-state index contributed by atoms with van der Waals surface area (Å²) < 4.78 is 0. The van der Waals surface area contributed by atoms with Crippen LogP contribution in [0.25, 0.3) is 0 Å². The van der Waals surface area contributed by atoms with Crippen LogP contribution >= 0.6 is 0 Å². The van der Waals surface area contributed by atoms with Crippen molar-refractivity contribution >= 4 is 0 Å². The maximum atomic E-state index is 3.27. The molecular formula is C6H9N. The summed E-state index contributed by atoms with van der Waals surface area (Å²) in [6.07, 6.45) is 7.12. The van der Waals surface area contributed by atoms with Crippen molar-refractivity contribution in [2.24, 2.45) is 5.92 Å². The Labute approximate surface area is 43.4 Å². The average Bonchev–Trinajstić information content (AvgIpc) is 1.67. The number of allylic oxidation sites excluding steroid dienone is 1. The van der Waals surface area contributed by atoms with Gasteiger partial charge in [-0.15, -0.1) is 0 Å². The van der Waals surface area contributed by atoms with E-state index in [1.54, 1.807) is 0 Å². The van der Waals surface area contributed by atoms with Crippen molar-refractivity contribution in [3.63, 3.8) is 0 Å². The summed E-state index contributed by atoms with van der Waals surface area (Å²) in [7, 11) is 0. The Kier molecular flexibility index (Phi) is 0.518. The first-order valence-electron chi connectivity index (χ1n) is 2.88. The maximum Gasteiger partial charge on any atom is 0.0266 e. The standard InChI is InChI=1S/C6H9N/c1-2-7-6-3-5(1)4-6/h1-2,5-7H,3-4H2. The Bertz CT molecular complexity index is 101. The summed E-state index contributed by atoms with van der Waals surface area (Å²) >= 11 is 0. The smallest absolute Gasteiger partial charge is 0.0266 e. The minimum absolute atomic E-state index is 0.843. The molecule has 0 unspecified atom stereocenters. The predicted octanol–water partition coefficient (Wildman–Crippen LogP) is 0.882. The Morgan fingerprint density at radius 3 is 2.43 bits per heavy atom. The van der Waals surface area contributed by atoms with Crippen LogP contribution in [0, 0.1) is 5.92 Å². The minimum atomic E-state index is 0.843. The monoisotopic (exact) mass is 95.1 g/mol. The molecule has 1 aliphatic carbocycles. The van der Waals surface area contributed by atoms with Crippen LogP contribution in [0.4, 0.5) is 0 Å². The van der Waals surface area contributed by atoms with Gasteiger partial charge in [-0.05, 0) is 25.0 Å². The van der Waals surface area contributed by atoms with E-state index < -0.39 is 0 Å². The fraction of sp³-hybridized carbons (Fsp3) is 0.667. The zero-order valence-electron chi connectivity index (χ0n) is 4.22. The van der Waals surface area contributed by atoms with Gasteiger partial charge >= 0.3 is 0 Å². The second kappa shape index (κ2) is 1.03. The number of fused-ring (bicyclic) bond motifs is 1. The molecule has 0 radical (unpaired) electrons. The highest BCUT2D eigenvalue weighted by molar-refractivity contribution is 5.05. The zero-order chi connectivity index (χ0) is 4.69. The molecule has 0 spiro atoms. The summed E-state index contributed by atoms with van der Waals surface area (Å²) in [5.74, 6) is 0.936. The van der Waals surface area contributed by atoms with E-state index in [0.717, 1.165) is 12.0 Å². The Balaban J connectivity index is 2.18. The lowest BCUT2D eigenvalue weighted by Gasteiger charge is -2.37. The van der Waals surface area contributed by atoms with Crippen LogP contribution < -0.4 is 5.32 Å². The molecule has 1 nitrogen and oxygen atoms in total. The highest BCUT2D eigenvalue weighted by Crippen LogP contribution is 2.31. The molecule has 0 amide bonds. The fourth-order valence-electron chi connectivity index (χ4n) is 1.28. The second-order valence-corrected chi connectivity index (χ2v) is 2.45. The largest absolute Gasteiger partial charge is 0.388 e. The van der Waals surface area contributed by atoms with E-state index in [2.05, 4.69) is 17.6 Å². The molecule has 1 fully saturated rings. The molecule has 7 heavy (non-hydrogen) atoms. The molecular weight excluding hydrogens is 86.1 g/mol. The Hall–Kier alpha value is -0.460. The number of rotatable bonds is 0. The van der Waals surface area contributed by atoms with Crippen molar-refractivity contribution < 1.29 is 0 Å². The summed E-state index contributed by atoms with van der Waals surface area (Å²) in [5, 5.41) is 3.27. The van der Waals surface area contributed by atoms with Crippen molar-refractivity contribution in [3.8, 4) is 0 Å². The lowest BCUT2D eigenvalue weighted by Crippen LogP contribution is -2.41. The van der Waals surface area contributed by atoms with Gasteiger partial charge in [0.2, 0.25) is 0 Å². The van der Waals surface area contributed by atoms with Gasteiger partial charge in [-0.2, -0.15) is 0 Å². The third-order valence-electron chi connectivity index (χ3n) is 1.87. The van der Waals surface area contributed by atoms with Crippen molar-refractivity contribution in [1.82, 2.24) is 5.32 Å². The Morgan fingerprint density at radius 2 is 2.29 bits per heavy atom. The lowest BCUT2D eigenvalue weighted by molar-refractivity contribution is 0.269. The van der Waals surface area contributed by atoms with Gasteiger partial charge in [-0.1, -0.05) is 6.08 Å². The third kappa shape index (κ3) is 0.379. The highest BCUT2D eigenvalue weighted by atomic mass is 14.9. The molecule has 2 aliphatic heterocycles. The molecule has 0 aromatic heterocycles. The molecule has 0 aromatic carbocycles. The van der Waals surface area contributed by atoms with Gasteiger partial charge in [0.25, 0.3) is 0 Å². The number of hydrogen-bond acceptors (Lipinski definition) is 1. The van der Waals surface area contributed by atoms with Crippen molar-refractivity contribution in [2.75, 3.05) is 0 Å². The lowest BCUT2D eigenvalue weighted by atomic mass is 9.78. The van der Waals surface area contributed by atoms with E-state index >= 15 is 0 Å². The van der Waals surface area contributed by atoms with Crippen molar-refractivity contribution in [2.45, 2.75) is 18.9 Å². The van der Waals surface area contributed by atoms with Crippen LogP contribution in [0.1, 0.15) is 12.8 Å². The maximum absolute atomic E-state index is 3.27. The SMILES string of the molecule is C1=CC2CC(C2)N1. The van der Waals surface area contributed by atoms with Gasteiger partial charge in [0.15, 0.2) is 0 Å². The third-order valence-corrected chi connectivity index (χ3v) is 1.87. The molecule has 3 aliphatic rings. The summed E-state index contributed by atoms with van der Waals surface area (Å²) in [5.41, 5.74) is 0. The van der Waals surface area contributed by atoms with Crippen LogP contribution in [0.15, 0.2) is 12.3 Å². The predicted molar refractivity (Wildman–Crippen MR) is 28.8 cm³/mol. The molecule has 3 rings (SSSR count). The van der Waals surface area contributed by atoms with Crippen molar-refractivity contribution in [1.29, 1.82) is 0 Å². The molecule has 2 heterocycles. The molecule has 1 saturated carbocycles. The normalized spacial score (nSPS) is 44.6. The zero-order valence-corrected chi connectivity index (χ0v) is 4.22. The van der Waals surface area contributed by atoms with Gasteiger partial charge in [0.05, 0.1) is 0 Å². The molecule has 0 saturated heterocycles. The summed E-state index contributed by atoms with van der Waals surface area (Å²) in [4.78, 5) is 0. The average molecular weight is 95.1 g/mol. The first-order valence-corrected chi connectivity index (χ1v) is 2.88. The van der Waals surface area contributed by atoms with Gasteiger partial charge in [0.1, 0.15) is 0 Å². The summed E-state index contributed by atoms with van der Waals surface area (Å²) in [6, 6.07) is 0.843. The van der Waals surface area contributed by atoms with Crippen molar-refractivity contribution in [3.05, 3.63) is 12.3 Å². The molecule has 0 aromatic rings. The van der Waals surface area contributed by atoms with Crippen LogP contribution in [-0.2, 0) is 0 Å². The Morgan fingerprint density at radius 1 is 1.43 bits per heavy atom. The number of nitrogens with one attached hydrogen (secondary N) is 1. The van der Waals surface area contributed by atoms with E-state index in [1.165, 1.54) is 12.8 Å². The second-order valence-electron chi connectivity index (χ2n) is 2.45. The van der Waals surface area contributed by atoms with Crippen LogP contribution in [-0.4, -0.2) is 6.04 Å². The van der Waals surface area contributed by atoms with Gasteiger partial charge in [-0.3, -0.25) is 0 Å². The van der Waals surface area contributed by atoms with Crippen LogP contribution in [0.5, 0.6) is 0 Å². The quantitative estimate of drug-likeness (QED) is 0.471. The van der Waals surface area contributed by atoms with Gasteiger partial charge < -0.3 is 5.32 Å². The molecule has 38 valence electrons. The summed E-state index contributed by atoms with van der Waals surface area (Å²) in [6.45, 7) is 0. The molecule has 2 bridgehead atoms. The molecule has 1 N–H and O–H groups in total. The molecule has 0 atom stereocenters. The van der Waals surface area contributed by atoms with E-state index in [4.69, 9.17) is 0 Å². The fourth-order valence-corrected chi connectivity index (χ4v) is 1.28. The van der Waals surface area contributed by atoms with E-state index in [1.807, 2.05) is 0 Å². The van der Waals surface area contributed by atoms with E-state index in [9.17, 15) is 0 Å². The van der Waals surface area contributed by atoms with Crippen LogP contribution in [0.2, 0.25) is 0 Å². The van der Waals surface area contributed by atoms with Crippen LogP contribution in [0.3, 0.4) is 0 Å². The minimum Gasteiger partial charge on any atom is -0.388 e. The topological polar surface area (TPSA) is 12.0 Å².